The molecule has 106 valence electrons. The summed E-state index contributed by atoms with van der Waals surface area (Å²) in [6.07, 6.45) is 2.49. The van der Waals surface area contributed by atoms with Crippen molar-refractivity contribution in [1.82, 2.24) is 5.32 Å². The lowest BCUT2D eigenvalue weighted by atomic mass is 9.92. The van der Waals surface area contributed by atoms with Crippen LogP contribution >= 0.6 is 0 Å². The molecule has 0 saturated carbocycles. The Balaban J connectivity index is 1.99. The highest BCUT2D eigenvalue weighted by atomic mass is 16.5. The molecule has 1 aromatic carbocycles. The van der Waals surface area contributed by atoms with Crippen molar-refractivity contribution >= 4 is 0 Å². The molecular weight excluding hydrogens is 236 g/mol. The van der Waals surface area contributed by atoms with Crippen LogP contribution in [0.5, 0.6) is 5.75 Å². The monoisotopic (exact) mass is 262 g/mol. The van der Waals surface area contributed by atoms with Crippen LogP contribution in [-0.4, -0.2) is 18.7 Å². The molecule has 2 atom stereocenters. The highest BCUT2D eigenvalue weighted by Crippen LogP contribution is 2.27. The number of nitrogens with one attached hydrogen (secondary N) is 1. The van der Waals surface area contributed by atoms with E-state index in [4.69, 9.17) is 10.5 Å². The minimum atomic E-state index is -0.297. The van der Waals surface area contributed by atoms with Gasteiger partial charge in [0.1, 0.15) is 12.4 Å². The van der Waals surface area contributed by atoms with Gasteiger partial charge in [0.25, 0.3) is 0 Å². The first-order chi connectivity index (χ1) is 8.94. The molecule has 0 aliphatic carbocycles. The second-order valence-corrected chi connectivity index (χ2v) is 6.49. The zero-order valence-corrected chi connectivity index (χ0v) is 12.3. The van der Waals surface area contributed by atoms with E-state index in [1.54, 1.807) is 0 Å². The van der Waals surface area contributed by atoms with Gasteiger partial charge in [-0.1, -0.05) is 19.1 Å². The van der Waals surface area contributed by atoms with E-state index in [9.17, 15) is 0 Å². The third kappa shape index (κ3) is 4.51. The number of hydrogen-bond acceptors (Lipinski definition) is 3. The number of hydrogen-bond donors (Lipinski definition) is 2. The van der Waals surface area contributed by atoms with Gasteiger partial charge in [0.2, 0.25) is 0 Å². The predicted molar refractivity (Wildman–Crippen MR) is 79.3 cm³/mol. The van der Waals surface area contributed by atoms with Crippen LogP contribution < -0.4 is 15.8 Å². The van der Waals surface area contributed by atoms with Crippen LogP contribution in [0.3, 0.4) is 0 Å². The van der Waals surface area contributed by atoms with Gasteiger partial charge < -0.3 is 15.8 Å². The Bertz CT molecular complexity index is 403. The molecule has 0 aromatic heterocycles. The lowest BCUT2D eigenvalue weighted by molar-refractivity contribution is 0.242. The summed E-state index contributed by atoms with van der Waals surface area (Å²) >= 11 is 0. The Morgan fingerprint density at radius 3 is 2.79 bits per heavy atom. The van der Waals surface area contributed by atoms with Gasteiger partial charge in [-0.25, -0.2) is 0 Å². The largest absolute Gasteiger partial charge is 0.492 e. The van der Waals surface area contributed by atoms with Gasteiger partial charge in [-0.2, -0.15) is 0 Å². The Morgan fingerprint density at radius 2 is 2.16 bits per heavy atom. The number of ether oxygens (including phenoxy) is 1. The lowest BCUT2D eigenvalue weighted by Crippen LogP contribution is -2.38. The summed E-state index contributed by atoms with van der Waals surface area (Å²) in [5, 5.41) is 3.60. The molecule has 3 heteroatoms. The molecule has 2 rings (SSSR count). The van der Waals surface area contributed by atoms with E-state index in [0.29, 0.717) is 12.6 Å². The van der Waals surface area contributed by atoms with Crippen molar-refractivity contribution < 1.29 is 4.74 Å². The maximum Gasteiger partial charge on any atom is 0.119 e. The molecule has 0 spiro atoms. The number of benzene rings is 1. The maximum atomic E-state index is 5.94. The fraction of sp³-hybridized carbons (Fsp3) is 0.625. The zero-order chi connectivity index (χ0) is 13.9. The molecule has 1 aliphatic heterocycles. The molecule has 0 radical (unpaired) electrons. The molecule has 1 saturated heterocycles. The minimum Gasteiger partial charge on any atom is -0.492 e. The summed E-state index contributed by atoms with van der Waals surface area (Å²) in [7, 11) is 0. The number of nitrogens with two attached hydrogens (primary N) is 1. The van der Waals surface area contributed by atoms with Crippen molar-refractivity contribution in [3.8, 4) is 5.75 Å². The summed E-state index contributed by atoms with van der Waals surface area (Å²) < 4.78 is 5.77. The minimum absolute atomic E-state index is 0.297. The third-order valence-electron chi connectivity index (χ3n) is 3.53. The topological polar surface area (TPSA) is 47.3 Å². The Morgan fingerprint density at radius 1 is 1.37 bits per heavy atom. The summed E-state index contributed by atoms with van der Waals surface area (Å²) in [6, 6.07) is 8.84. The highest BCUT2D eigenvalue weighted by Gasteiger charge is 2.19. The summed E-state index contributed by atoms with van der Waals surface area (Å²) in [6.45, 7) is 7.88. The molecule has 0 bridgehead atoms. The number of rotatable bonds is 4. The quantitative estimate of drug-likeness (QED) is 0.877. The fourth-order valence-electron chi connectivity index (χ4n) is 2.37. The molecule has 1 unspecified atom stereocenters. The van der Waals surface area contributed by atoms with Crippen LogP contribution in [0.25, 0.3) is 0 Å². The van der Waals surface area contributed by atoms with Crippen molar-refractivity contribution in [2.45, 2.75) is 45.2 Å². The van der Waals surface area contributed by atoms with Crippen molar-refractivity contribution in [1.29, 1.82) is 0 Å². The molecule has 1 fully saturated rings. The van der Waals surface area contributed by atoms with Gasteiger partial charge in [0, 0.05) is 11.6 Å². The van der Waals surface area contributed by atoms with E-state index in [2.05, 4.69) is 30.4 Å². The summed E-state index contributed by atoms with van der Waals surface area (Å²) in [5.74, 6) is 1.70. The van der Waals surface area contributed by atoms with Gasteiger partial charge in [-0.05, 0) is 56.8 Å². The van der Waals surface area contributed by atoms with Gasteiger partial charge in [-0.3, -0.25) is 0 Å². The average molecular weight is 262 g/mol. The van der Waals surface area contributed by atoms with Crippen LogP contribution in [0.2, 0.25) is 0 Å². The van der Waals surface area contributed by atoms with E-state index in [0.717, 1.165) is 18.2 Å². The molecule has 1 aliphatic rings. The SMILES string of the molecule is C[C@H]1CCC(c2cccc(OCC(C)(C)N)c2)NC1. The Labute approximate surface area is 116 Å². The molecule has 1 aromatic rings. The first-order valence-corrected chi connectivity index (χ1v) is 7.19. The molecule has 1 heterocycles. The molecule has 3 N–H and O–H groups in total. The van der Waals surface area contributed by atoms with Crippen molar-refractivity contribution in [3.05, 3.63) is 29.8 Å². The predicted octanol–water partition coefficient (Wildman–Crippen LogP) is 2.86. The molecule has 0 amide bonds. The Hall–Kier alpha value is -1.06. The van der Waals surface area contributed by atoms with E-state index in [-0.39, 0.29) is 5.54 Å². The fourth-order valence-corrected chi connectivity index (χ4v) is 2.37. The van der Waals surface area contributed by atoms with Crippen LogP contribution in [-0.2, 0) is 0 Å². The van der Waals surface area contributed by atoms with Crippen LogP contribution in [0.15, 0.2) is 24.3 Å². The molecular formula is C16H26N2O. The lowest BCUT2D eigenvalue weighted by Gasteiger charge is -2.28. The van der Waals surface area contributed by atoms with Gasteiger partial charge in [0.05, 0.1) is 0 Å². The first-order valence-electron chi connectivity index (χ1n) is 7.19. The van der Waals surface area contributed by atoms with Crippen molar-refractivity contribution in [2.24, 2.45) is 11.7 Å². The second kappa shape index (κ2) is 5.93. The first kappa shape index (κ1) is 14.4. The van der Waals surface area contributed by atoms with Crippen LogP contribution in [0, 0.1) is 5.92 Å². The third-order valence-corrected chi connectivity index (χ3v) is 3.53. The summed E-state index contributed by atoms with van der Waals surface area (Å²) in [4.78, 5) is 0. The van der Waals surface area contributed by atoms with E-state index in [1.807, 2.05) is 19.9 Å². The van der Waals surface area contributed by atoms with Crippen LogP contribution in [0.4, 0.5) is 0 Å². The smallest absolute Gasteiger partial charge is 0.119 e. The zero-order valence-electron chi connectivity index (χ0n) is 12.3. The number of piperidine rings is 1. The second-order valence-electron chi connectivity index (χ2n) is 6.49. The van der Waals surface area contributed by atoms with E-state index >= 15 is 0 Å². The van der Waals surface area contributed by atoms with Crippen molar-refractivity contribution in [2.75, 3.05) is 13.2 Å². The van der Waals surface area contributed by atoms with E-state index < -0.39 is 0 Å². The molecule has 19 heavy (non-hydrogen) atoms. The van der Waals surface area contributed by atoms with E-state index in [1.165, 1.54) is 18.4 Å². The maximum absolute atomic E-state index is 5.94. The van der Waals surface area contributed by atoms with Crippen molar-refractivity contribution in [3.63, 3.8) is 0 Å². The standard InChI is InChI=1S/C16H26N2O/c1-12-7-8-15(18-10-12)13-5-4-6-14(9-13)19-11-16(2,3)17/h4-6,9,12,15,18H,7-8,10-11,17H2,1-3H3/t12-,15?/m0/s1. The highest BCUT2D eigenvalue weighted by molar-refractivity contribution is 5.31. The van der Waals surface area contributed by atoms with Gasteiger partial charge in [-0.15, -0.1) is 0 Å². The normalized spacial score (nSPS) is 24.2. The van der Waals surface area contributed by atoms with Crippen LogP contribution in [0.1, 0.15) is 45.2 Å². The molecule has 3 nitrogen and oxygen atoms in total. The summed E-state index contributed by atoms with van der Waals surface area (Å²) in [5.41, 5.74) is 6.96. The Kier molecular flexibility index (Phi) is 4.48. The average Bonchev–Trinajstić information content (AvgIpc) is 2.37. The van der Waals surface area contributed by atoms with Gasteiger partial charge in [0.15, 0.2) is 0 Å². The van der Waals surface area contributed by atoms with Gasteiger partial charge >= 0.3 is 0 Å².